The van der Waals surface area contributed by atoms with Crippen molar-refractivity contribution < 1.29 is 13.2 Å². The zero-order chi connectivity index (χ0) is 13.6. The van der Waals surface area contributed by atoms with Crippen LogP contribution in [0.15, 0.2) is 0 Å². The fourth-order valence-corrected chi connectivity index (χ4v) is 4.31. The number of hydrogen-bond acceptors (Lipinski definition) is 3. The highest BCUT2D eigenvalue weighted by Gasteiger charge is 2.67. The highest BCUT2D eigenvalue weighted by Crippen LogP contribution is 2.63. The van der Waals surface area contributed by atoms with E-state index in [1.807, 2.05) is 0 Å². The standard InChI is InChI=1S/C10H16Cl2N2O3S/c1-9(7-10(9,11)12)8(15)13-3-5-14-4-2-6-18(14,16)17/h2-7H2,1H3,(H,13,15)/t9-/m0/s1. The van der Waals surface area contributed by atoms with Gasteiger partial charge in [0.2, 0.25) is 15.9 Å². The molecule has 1 aliphatic heterocycles. The summed E-state index contributed by atoms with van der Waals surface area (Å²) in [6.45, 7) is 2.83. The highest BCUT2D eigenvalue weighted by molar-refractivity contribution is 7.89. The van der Waals surface area contributed by atoms with Crippen LogP contribution in [0.1, 0.15) is 19.8 Å². The first-order chi connectivity index (χ1) is 8.19. The van der Waals surface area contributed by atoms with E-state index in [-0.39, 0.29) is 18.2 Å². The smallest absolute Gasteiger partial charge is 0.229 e. The van der Waals surface area contributed by atoms with Crippen molar-refractivity contribution in [3.63, 3.8) is 0 Å². The van der Waals surface area contributed by atoms with Crippen molar-refractivity contribution in [3.8, 4) is 0 Å². The predicted octanol–water partition coefficient (Wildman–Crippen LogP) is 0.722. The van der Waals surface area contributed by atoms with Gasteiger partial charge in [-0.25, -0.2) is 12.7 Å². The van der Waals surface area contributed by atoms with Gasteiger partial charge < -0.3 is 5.32 Å². The lowest BCUT2D eigenvalue weighted by Gasteiger charge is -2.16. The molecular weight excluding hydrogens is 299 g/mol. The van der Waals surface area contributed by atoms with Crippen molar-refractivity contribution in [2.45, 2.75) is 24.1 Å². The van der Waals surface area contributed by atoms with E-state index in [1.165, 1.54) is 4.31 Å². The molecule has 5 nitrogen and oxygen atoms in total. The van der Waals surface area contributed by atoms with Crippen LogP contribution in [0.2, 0.25) is 0 Å². The number of nitrogens with one attached hydrogen (secondary N) is 1. The van der Waals surface area contributed by atoms with Gasteiger partial charge in [0.15, 0.2) is 0 Å². The molecule has 1 saturated heterocycles. The summed E-state index contributed by atoms with van der Waals surface area (Å²) < 4.78 is 23.5. The number of amides is 1. The van der Waals surface area contributed by atoms with E-state index in [4.69, 9.17) is 23.2 Å². The summed E-state index contributed by atoms with van der Waals surface area (Å²) in [4.78, 5) is 11.8. The number of carbonyl (C=O) groups is 1. The largest absolute Gasteiger partial charge is 0.354 e. The average molecular weight is 315 g/mol. The van der Waals surface area contributed by atoms with Gasteiger partial charge in [-0.15, -0.1) is 23.2 Å². The van der Waals surface area contributed by atoms with Crippen LogP contribution in [0.25, 0.3) is 0 Å². The van der Waals surface area contributed by atoms with Crippen molar-refractivity contribution in [3.05, 3.63) is 0 Å². The molecule has 0 unspecified atom stereocenters. The van der Waals surface area contributed by atoms with E-state index in [1.54, 1.807) is 6.92 Å². The van der Waals surface area contributed by atoms with E-state index in [0.29, 0.717) is 25.9 Å². The quantitative estimate of drug-likeness (QED) is 0.778. The number of rotatable bonds is 4. The predicted molar refractivity (Wildman–Crippen MR) is 70.1 cm³/mol. The molecule has 0 aromatic heterocycles. The Balaban J connectivity index is 1.79. The monoisotopic (exact) mass is 314 g/mol. The van der Waals surface area contributed by atoms with Crippen LogP contribution < -0.4 is 5.32 Å². The summed E-state index contributed by atoms with van der Waals surface area (Å²) in [5, 5.41) is 2.69. The number of carbonyl (C=O) groups excluding carboxylic acids is 1. The minimum Gasteiger partial charge on any atom is -0.354 e. The van der Waals surface area contributed by atoms with Crippen molar-refractivity contribution in [2.24, 2.45) is 5.41 Å². The molecule has 2 rings (SSSR count). The topological polar surface area (TPSA) is 66.5 Å². The maximum absolute atomic E-state index is 11.8. The Morgan fingerprint density at radius 1 is 1.44 bits per heavy atom. The van der Waals surface area contributed by atoms with Crippen LogP contribution in [0.3, 0.4) is 0 Å². The zero-order valence-electron chi connectivity index (χ0n) is 10.1. The Kier molecular flexibility index (Phi) is 3.60. The summed E-state index contributed by atoms with van der Waals surface area (Å²) in [5.41, 5.74) is -0.750. The molecular formula is C10H16Cl2N2O3S. The van der Waals surface area contributed by atoms with Crippen molar-refractivity contribution >= 4 is 39.1 Å². The molecule has 0 aromatic rings. The van der Waals surface area contributed by atoms with E-state index in [2.05, 4.69) is 5.32 Å². The second-order valence-electron chi connectivity index (χ2n) is 5.04. The Labute approximate surface area is 117 Å². The third-order valence-electron chi connectivity index (χ3n) is 3.61. The Bertz CT molecular complexity index is 466. The van der Waals surface area contributed by atoms with Gasteiger partial charge in [-0.2, -0.15) is 0 Å². The molecule has 1 heterocycles. The first-order valence-electron chi connectivity index (χ1n) is 5.83. The van der Waals surface area contributed by atoms with E-state index in [0.717, 1.165) is 0 Å². The maximum Gasteiger partial charge on any atom is 0.229 e. The minimum atomic E-state index is -3.10. The second kappa shape index (κ2) is 4.51. The van der Waals surface area contributed by atoms with Crippen molar-refractivity contribution in [1.82, 2.24) is 9.62 Å². The molecule has 104 valence electrons. The summed E-state index contributed by atoms with van der Waals surface area (Å²) in [7, 11) is -3.10. The third-order valence-corrected chi connectivity index (χ3v) is 6.67. The number of nitrogens with zero attached hydrogens (tertiary/aromatic N) is 1. The molecule has 2 aliphatic rings. The van der Waals surface area contributed by atoms with Crippen LogP contribution in [0, 0.1) is 5.41 Å². The Morgan fingerprint density at radius 3 is 2.50 bits per heavy atom. The average Bonchev–Trinajstić information content (AvgIpc) is 2.59. The summed E-state index contributed by atoms with van der Waals surface area (Å²) in [6.07, 6.45) is 1.08. The molecule has 1 saturated carbocycles. The molecule has 18 heavy (non-hydrogen) atoms. The van der Waals surface area contributed by atoms with Crippen LogP contribution >= 0.6 is 23.2 Å². The summed E-state index contributed by atoms with van der Waals surface area (Å²) in [5.74, 6) is -0.0189. The fraction of sp³-hybridized carbons (Fsp3) is 0.900. The summed E-state index contributed by atoms with van der Waals surface area (Å²) >= 11 is 11.8. The third kappa shape index (κ3) is 2.48. The Morgan fingerprint density at radius 2 is 2.06 bits per heavy atom. The van der Waals surface area contributed by atoms with Crippen LogP contribution in [-0.4, -0.2) is 48.4 Å². The molecule has 0 radical (unpaired) electrons. The van der Waals surface area contributed by atoms with Crippen molar-refractivity contribution in [1.29, 1.82) is 0 Å². The van der Waals surface area contributed by atoms with Crippen LogP contribution in [0.4, 0.5) is 0 Å². The molecule has 0 bridgehead atoms. The molecule has 0 aromatic carbocycles. The SMILES string of the molecule is C[C@@]1(C(=O)NCCN2CCCS2(=O)=O)CC1(Cl)Cl. The molecule has 1 amide bonds. The lowest BCUT2D eigenvalue weighted by molar-refractivity contribution is -0.125. The highest BCUT2D eigenvalue weighted by atomic mass is 35.5. The van der Waals surface area contributed by atoms with Gasteiger partial charge in [0.1, 0.15) is 4.33 Å². The van der Waals surface area contributed by atoms with Gasteiger partial charge in [-0.05, 0) is 19.8 Å². The first kappa shape index (κ1) is 14.4. The van der Waals surface area contributed by atoms with Crippen molar-refractivity contribution in [2.75, 3.05) is 25.4 Å². The van der Waals surface area contributed by atoms with Gasteiger partial charge in [-0.3, -0.25) is 4.79 Å². The molecule has 1 atom stereocenters. The second-order valence-corrected chi connectivity index (χ2v) is 8.61. The van der Waals surface area contributed by atoms with Gasteiger partial charge in [0.05, 0.1) is 11.2 Å². The normalized spacial score (nSPS) is 33.3. The number of halogens is 2. The van der Waals surface area contributed by atoms with Gasteiger partial charge >= 0.3 is 0 Å². The number of sulfonamides is 1. The van der Waals surface area contributed by atoms with Gasteiger partial charge in [0, 0.05) is 19.6 Å². The van der Waals surface area contributed by atoms with Gasteiger partial charge in [-0.1, -0.05) is 0 Å². The summed E-state index contributed by atoms with van der Waals surface area (Å²) in [6, 6.07) is 0. The molecule has 1 aliphatic carbocycles. The number of hydrogen-bond donors (Lipinski definition) is 1. The van der Waals surface area contributed by atoms with Crippen LogP contribution in [-0.2, 0) is 14.8 Å². The Hall–Kier alpha value is -0.0400. The van der Waals surface area contributed by atoms with Gasteiger partial charge in [0.25, 0.3) is 0 Å². The number of alkyl halides is 2. The zero-order valence-corrected chi connectivity index (χ0v) is 12.4. The maximum atomic E-state index is 11.8. The fourth-order valence-electron chi connectivity index (χ4n) is 2.08. The molecule has 0 spiro atoms. The molecule has 1 N–H and O–H groups in total. The molecule has 8 heteroatoms. The first-order valence-corrected chi connectivity index (χ1v) is 8.19. The lowest BCUT2D eigenvalue weighted by Crippen LogP contribution is -2.39. The van der Waals surface area contributed by atoms with E-state index in [9.17, 15) is 13.2 Å². The van der Waals surface area contributed by atoms with E-state index < -0.39 is 19.8 Å². The van der Waals surface area contributed by atoms with Crippen LogP contribution in [0.5, 0.6) is 0 Å². The van der Waals surface area contributed by atoms with E-state index >= 15 is 0 Å². The molecule has 2 fully saturated rings. The lowest BCUT2D eigenvalue weighted by atomic mass is 10.1. The minimum absolute atomic E-state index is 0.200.